The Kier molecular flexibility index (Phi) is 2.14. The van der Waals surface area contributed by atoms with Crippen LogP contribution < -0.4 is 0 Å². The number of allylic oxidation sites excluding steroid dienone is 6. The third-order valence-corrected chi connectivity index (χ3v) is 2.41. The molecule has 0 spiro atoms. The van der Waals surface area contributed by atoms with E-state index in [-0.39, 0.29) is 0 Å². The van der Waals surface area contributed by atoms with Gasteiger partial charge >= 0.3 is 0 Å². The summed E-state index contributed by atoms with van der Waals surface area (Å²) in [5.74, 6) is 0.633. The Hall–Kier alpha value is -2.16. The Balaban J connectivity index is 2.09. The molecule has 0 saturated heterocycles. The van der Waals surface area contributed by atoms with Crippen molar-refractivity contribution in [2.45, 2.75) is 6.42 Å². The molecule has 1 aliphatic carbocycles. The molecule has 2 aromatic heterocycles. The van der Waals surface area contributed by atoms with Gasteiger partial charge in [-0.2, -0.15) is 4.98 Å². The largest absolute Gasteiger partial charge is 0.434 e. The van der Waals surface area contributed by atoms with Gasteiger partial charge in [-0.05, 0) is 24.6 Å². The molecular weight excluding hydrogens is 200 g/mol. The van der Waals surface area contributed by atoms with Crippen LogP contribution in [0.4, 0.5) is 0 Å². The summed E-state index contributed by atoms with van der Waals surface area (Å²) in [5.41, 5.74) is 2.39. The fraction of sp³-hybridized carbons (Fsp3) is 0.0769. The first-order valence-corrected chi connectivity index (χ1v) is 5.19. The van der Waals surface area contributed by atoms with Gasteiger partial charge in [0.2, 0.25) is 5.89 Å². The molecule has 2 heterocycles. The molecule has 0 bridgehead atoms. The number of oxazole rings is 1. The van der Waals surface area contributed by atoms with Crippen molar-refractivity contribution in [1.29, 1.82) is 0 Å². The number of nitrogens with zero attached hydrogens (tertiary/aromatic N) is 2. The van der Waals surface area contributed by atoms with Gasteiger partial charge in [0, 0.05) is 11.8 Å². The molecule has 0 radical (unpaired) electrons. The molecule has 0 atom stereocenters. The van der Waals surface area contributed by atoms with Crippen molar-refractivity contribution in [2.24, 2.45) is 0 Å². The number of rotatable bonds is 1. The smallest absolute Gasteiger partial charge is 0.228 e. The van der Waals surface area contributed by atoms with Crippen LogP contribution in [0.25, 0.3) is 16.8 Å². The molecular formula is C13H10N2O. The molecule has 3 heteroatoms. The van der Waals surface area contributed by atoms with E-state index in [0.29, 0.717) is 11.5 Å². The molecule has 0 amide bonds. The second-order valence-corrected chi connectivity index (χ2v) is 3.53. The molecule has 0 saturated carbocycles. The molecule has 78 valence electrons. The highest BCUT2D eigenvalue weighted by molar-refractivity contribution is 5.76. The number of pyridine rings is 1. The maximum Gasteiger partial charge on any atom is 0.228 e. The van der Waals surface area contributed by atoms with Gasteiger partial charge in [0.05, 0.1) is 0 Å². The average molecular weight is 210 g/mol. The van der Waals surface area contributed by atoms with Crippen molar-refractivity contribution in [3.63, 3.8) is 0 Å². The van der Waals surface area contributed by atoms with Gasteiger partial charge < -0.3 is 4.42 Å². The second kappa shape index (κ2) is 3.77. The van der Waals surface area contributed by atoms with Crippen LogP contribution in [0.3, 0.4) is 0 Å². The van der Waals surface area contributed by atoms with Crippen LogP contribution in [-0.2, 0) is 0 Å². The topological polar surface area (TPSA) is 38.9 Å². The maximum absolute atomic E-state index is 5.64. The van der Waals surface area contributed by atoms with E-state index < -0.39 is 0 Å². The zero-order valence-corrected chi connectivity index (χ0v) is 8.63. The van der Waals surface area contributed by atoms with Gasteiger partial charge in [-0.3, -0.25) is 0 Å². The quantitative estimate of drug-likeness (QED) is 0.725. The highest BCUT2D eigenvalue weighted by Crippen LogP contribution is 2.21. The lowest BCUT2D eigenvalue weighted by Crippen LogP contribution is -1.80. The molecule has 0 aliphatic heterocycles. The fourth-order valence-electron chi connectivity index (χ4n) is 1.63. The first-order chi connectivity index (χ1) is 7.93. The Morgan fingerprint density at radius 2 is 2.25 bits per heavy atom. The number of hydrogen-bond donors (Lipinski definition) is 0. The van der Waals surface area contributed by atoms with E-state index in [9.17, 15) is 0 Å². The lowest BCUT2D eigenvalue weighted by atomic mass is 10.2. The first-order valence-electron chi connectivity index (χ1n) is 5.19. The monoisotopic (exact) mass is 210 g/mol. The summed E-state index contributed by atoms with van der Waals surface area (Å²) in [6.45, 7) is 0. The molecule has 0 fully saturated rings. The third kappa shape index (κ3) is 1.56. The van der Waals surface area contributed by atoms with Crippen LogP contribution in [0, 0.1) is 0 Å². The summed E-state index contributed by atoms with van der Waals surface area (Å²) < 4.78 is 5.64. The predicted octanol–water partition coefficient (Wildman–Crippen LogP) is 3.12. The zero-order valence-electron chi connectivity index (χ0n) is 8.63. The Morgan fingerprint density at radius 1 is 1.25 bits per heavy atom. The van der Waals surface area contributed by atoms with Crippen LogP contribution in [0.2, 0.25) is 0 Å². The van der Waals surface area contributed by atoms with Gasteiger partial charge in [-0.25, -0.2) is 4.98 Å². The third-order valence-electron chi connectivity index (χ3n) is 2.41. The van der Waals surface area contributed by atoms with Crippen LogP contribution in [0.5, 0.6) is 0 Å². The summed E-state index contributed by atoms with van der Waals surface area (Å²) in [4.78, 5) is 8.50. The summed E-state index contributed by atoms with van der Waals surface area (Å²) in [7, 11) is 0. The van der Waals surface area contributed by atoms with E-state index >= 15 is 0 Å². The average Bonchev–Trinajstić information content (AvgIpc) is 2.56. The minimum Gasteiger partial charge on any atom is -0.434 e. The molecule has 2 aromatic rings. The van der Waals surface area contributed by atoms with Crippen molar-refractivity contribution in [1.82, 2.24) is 9.97 Å². The molecule has 1 aliphatic rings. The van der Waals surface area contributed by atoms with Crippen LogP contribution in [0.1, 0.15) is 12.3 Å². The van der Waals surface area contributed by atoms with Crippen molar-refractivity contribution >= 4 is 16.8 Å². The summed E-state index contributed by atoms with van der Waals surface area (Å²) >= 11 is 0. The van der Waals surface area contributed by atoms with Crippen molar-refractivity contribution in [2.75, 3.05) is 0 Å². The zero-order chi connectivity index (χ0) is 10.8. The van der Waals surface area contributed by atoms with Crippen molar-refractivity contribution < 1.29 is 4.42 Å². The minimum atomic E-state index is 0.633. The van der Waals surface area contributed by atoms with E-state index in [2.05, 4.69) is 22.1 Å². The van der Waals surface area contributed by atoms with Gasteiger partial charge in [0.25, 0.3) is 0 Å². The van der Waals surface area contributed by atoms with E-state index in [1.807, 2.05) is 30.4 Å². The number of hydrogen-bond acceptors (Lipinski definition) is 3. The Bertz CT molecular complexity index is 572. The normalized spacial score (nSPS) is 15.1. The molecule has 16 heavy (non-hydrogen) atoms. The van der Waals surface area contributed by atoms with Crippen molar-refractivity contribution in [3.05, 3.63) is 54.6 Å². The molecule has 0 aromatic carbocycles. The predicted molar refractivity (Wildman–Crippen MR) is 62.7 cm³/mol. The van der Waals surface area contributed by atoms with E-state index in [1.54, 1.807) is 6.20 Å². The maximum atomic E-state index is 5.64. The van der Waals surface area contributed by atoms with E-state index in [1.165, 1.54) is 0 Å². The first kappa shape index (κ1) is 9.09. The van der Waals surface area contributed by atoms with Gasteiger partial charge in [0.1, 0.15) is 0 Å². The fourth-order valence-corrected chi connectivity index (χ4v) is 1.63. The lowest BCUT2D eigenvalue weighted by molar-refractivity contribution is 0.585. The summed E-state index contributed by atoms with van der Waals surface area (Å²) in [5, 5.41) is 0. The van der Waals surface area contributed by atoms with Crippen molar-refractivity contribution in [3.8, 4) is 0 Å². The molecule has 0 N–H and O–H groups in total. The van der Waals surface area contributed by atoms with E-state index in [0.717, 1.165) is 17.6 Å². The highest BCUT2D eigenvalue weighted by atomic mass is 16.3. The van der Waals surface area contributed by atoms with Gasteiger partial charge in [0.15, 0.2) is 11.2 Å². The second-order valence-electron chi connectivity index (χ2n) is 3.53. The number of aromatic nitrogens is 2. The highest BCUT2D eigenvalue weighted by Gasteiger charge is 2.08. The molecule has 0 unspecified atom stereocenters. The summed E-state index contributed by atoms with van der Waals surface area (Å²) in [6.07, 6.45) is 12.8. The van der Waals surface area contributed by atoms with Gasteiger partial charge in [-0.1, -0.05) is 24.3 Å². The lowest BCUT2D eigenvalue weighted by Gasteiger charge is -1.92. The Labute approximate surface area is 92.8 Å². The molecule has 3 rings (SSSR count). The standard InChI is InChI=1S/C13H10N2O/c1-2-4-7-10(6-3-1)13-15-12-11(16-13)8-5-9-14-12/h1-3,5-9H,4H2. The van der Waals surface area contributed by atoms with Crippen LogP contribution in [-0.4, -0.2) is 9.97 Å². The summed E-state index contributed by atoms with van der Waals surface area (Å²) in [6, 6.07) is 3.72. The number of fused-ring (bicyclic) bond motifs is 1. The molecule has 3 nitrogen and oxygen atoms in total. The minimum absolute atomic E-state index is 0.633. The van der Waals surface area contributed by atoms with E-state index in [4.69, 9.17) is 4.42 Å². The SMILES string of the molecule is C1=CCC=C(c2nc3ncccc3o2)C=C1. The Morgan fingerprint density at radius 3 is 3.19 bits per heavy atom. The van der Waals surface area contributed by atoms with Crippen LogP contribution >= 0.6 is 0 Å². The van der Waals surface area contributed by atoms with Crippen LogP contribution in [0.15, 0.2) is 53.1 Å². The van der Waals surface area contributed by atoms with Gasteiger partial charge in [-0.15, -0.1) is 0 Å².